The average Bonchev–Trinajstić information content (AvgIpc) is 2.45. The maximum absolute atomic E-state index is 5.64. The average molecular weight is 262 g/mol. The Kier molecular flexibility index (Phi) is 9.38. The Hall–Kier alpha value is -0.860. The first kappa shape index (κ1) is 16.2. The third-order valence-corrected chi connectivity index (χ3v) is 3.51. The van der Waals surface area contributed by atoms with Crippen molar-refractivity contribution in [1.82, 2.24) is 4.90 Å². The summed E-state index contributed by atoms with van der Waals surface area (Å²) in [4.78, 5) is 2.55. The van der Waals surface area contributed by atoms with Gasteiger partial charge in [-0.1, -0.05) is 62.9 Å². The predicted molar refractivity (Wildman–Crippen MR) is 84.1 cm³/mol. The third kappa shape index (κ3) is 8.02. The molecule has 19 heavy (non-hydrogen) atoms. The number of nitrogens with two attached hydrogens (primary N) is 1. The van der Waals surface area contributed by atoms with Crippen molar-refractivity contribution >= 4 is 0 Å². The standard InChI is InChI=1S/C17H30N2/c1-2-3-4-5-9-14-19(15-10-13-18)16-17-11-7-6-8-12-17/h6-8,11-12H,2-5,9-10,13-16,18H2,1H3. The van der Waals surface area contributed by atoms with Gasteiger partial charge in [0, 0.05) is 6.54 Å². The van der Waals surface area contributed by atoms with Crippen LogP contribution in [0, 0.1) is 0 Å². The van der Waals surface area contributed by atoms with Crippen molar-refractivity contribution in [3.8, 4) is 0 Å². The van der Waals surface area contributed by atoms with E-state index in [0.29, 0.717) is 0 Å². The van der Waals surface area contributed by atoms with E-state index < -0.39 is 0 Å². The van der Waals surface area contributed by atoms with Crippen LogP contribution in [-0.2, 0) is 6.54 Å². The van der Waals surface area contributed by atoms with E-state index in [1.54, 1.807) is 0 Å². The van der Waals surface area contributed by atoms with E-state index in [1.165, 1.54) is 44.2 Å². The van der Waals surface area contributed by atoms with Gasteiger partial charge in [0.05, 0.1) is 0 Å². The zero-order chi connectivity index (χ0) is 13.8. The molecule has 108 valence electrons. The van der Waals surface area contributed by atoms with E-state index in [1.807, 2.05) is 0 Å². The first-order valence-electron chi connectivity index (χ1n) is 7.83. The molecule has 2 heteroatoms. The van der Waals surface area contributed by atoms with Gasteiger partial charge in [-0.25, -0.2) is 0 Å². The van der Waals surface area contributed by atoms with Crippen LogP contribution in [0.3, 0.4) is 0 Å². The molecule has 0 unspecified atom stereocenters. The highest BCUT2D eigenvalue weighted by molar-refractivity contribution is 5.14. The molecule has 0 radical (unpaired) electrons. The van der Waals surface area contributed by atoms with Crippen molar-refractivity contribution in [3.63, 3.8) is 0 Å². The molecule has 0 saturated heterocycles. The highest BCUT2D eigenvalue weighted by atomic mass is 15.1. The van der Waals surface area contributed by atoms with Gasteiger partial charge in [0.15, 0.2) is 0 Å². The maximum atomic E-state index is 5.64. The molecule has 0 fully saturated rings. The van der Waals surface area contributed by atoms with E-state index in [-0.39, 0.29) is 0 Å². The minimum Gasteiger partial charge on any atom is -0.330 e. The summed E-state index contributed by atoms with van der Waals surface area (Å²) in [5.41, 5.74) is 7.05. The van der Waals surface area contributed by atoms with Gasteiger partial charge in [-0.15, -0.1) is 0 Å². The first-order valence-corrected chi connectivity index (χ1v) is 7.83. The van der Waals surface area contributed by atoms with E-state index in [0.717, 1.165) is 26.1 Å². The van der Waals surface area contributed by atoms with Crippen LogP contribution in [0.2, 0.25) is 0 Å². The number of benzene rings is 1. The lowest BCUT2D eigenvalue weighted by molar-refractivity contribution is 0.257. The van der Waals surface area contributed by atoms with Crippen molar-refractivity contribution in [1.29, 1.82) is 0 Å². The molecule has 2 nitrogen and oxygen atoms in total. The summed E-state index contributed by atoms with van der Waals surface area (Å²) < 4.78 is 0. The monoisotopic (exact) mass is 262 g/mol. The van der Waals surface area contributed by atoms with Gasteiger partial charge < -0.3 is 5.73 Å². The molecular weight excluding hydrogens is 232 g/mol. The van der Waals surface area contributed by atoms with Gasteiger partial charge in [-0.2, -0.15) is 0 Å². The van der Waals surface area contributed by atoms with E-state index in [9.17, 15) is 0 Å². The molecule has 0 aliphatic heterocycles. The van der Waals surface area contributed by atoms with Crippen LogP contribution in [0.1, 0.15) is 51.0 Å². The van der Waals surface area contributed by atoms with Crippen LogP contribution in [0.4, 0.5) is 0 Å². The molecule has 1 rings (SSSR count). The Morgan fingerprint density at radius 1 is 0.895 bits per heavy atom. The lowest BCUT2D eigenvalue weighted by atomic mass is 10.1. The van der Waals surface area contributed by atoms with Gasteiger partial charge >= 0.3 is 0 Å². The fourth-order valence-corrected chi connectivity index (χ4v) is 2.37. The van der Waals surface area contributed by atoms with Gasteiger partial charge in [0.2, 0.25) is 0 Å². The number of rotatable bonds is 11. The van der Waals surface area contributed by atoms with Crippen LogP contribution in [-0.4, -0.2) is 24.5 Å². The number of hydrogen-bond donors (Lipinski definition) is 1. The lowest BCUT2D eigenvalue weighted by Crippen LogP contribution is -2.27. The Labute approximate surface area is 119 Å². The Morgan fingerprint density at radius 3 is 2.26 bits per heavy atom. The molecule has 0 heterocycles. The molecule has 0 saturated carbocycles. The molecule has 0 amide bonds. The van der Waals surface area contributed by atoms with Crippen molar-refractivity contribution in [2.75, 3.05) is 19.6 Å². The second kappa shape index (κ2) is 11.0. The van der Waals surface area contributed by atoms with Gasteiger partial charge in [-0.3, -0.25) is 4.90 Å². The van der Waals surface area contributed by atoms with Gasteiger partial charge in [-0.05, 0) is 38.0 Å². The van der Waals surface area contributed by atoms with Crippen molar-refractivity contribution in [2.24, 2.45) is 5.73 Å². The van der Waals surface area contributed by atoms with Crippen LogP contribution >= 0.6 is 0 Å². The maximum Gasteiger partial charge on any atom is 0.0233 e. The fourth-order valence-electron chi connectivity index (χ4n) is 2.37. The number of nitrogens with zero attached hydrogens (tertiary/aromatic N) is 1. The summed E-state index contributed by atoms with van der Waals surface area (Å²) in [5.74, 6) is 0. The van der Waals surface area contributed by atoms with Crippen LogP contribution in [0.5, 0.6) is 0 Å². The highest BCUT2D eigenvalue weighted by Gasteiger charge is 2.05. The van der Waals surface area contributed by atoms with Crippen LogP contribution in [0.15, 0.2) is 30.3 Å². The van der Waals surface area contributed by atoms with E-state index in [2.05, 4.69) is 42.2 Å². The predicted octanol–water partition coefficient (Wildman–Crippen LogP) is 3.81. The molecule has 0 aromatic heterocycles. The smallest absolute Gasteiger partial charge is 0.0233 e. The third-order valence-electron chi connectivity index (χ3n) is 3.51. The number of unbranched alkanes of at least 4 members (excludes halogenated alkanes) is 4. The summed E-state index contributed by atoms with van der Waals surface area (Å²) in [5, 5.41) is 0. The largest absolute Gasteiger partial charge is 0.330 e. The SMILES string of the molecule is CCCCCCCN(CCCN)Cc1ccccc1. The van der Waals surface area contributed by atoms with Gasteiger partial charge in [0.25, 0.3) is 0 Å². The van der Waals surface area contributed by atoms with Crippen LogP contribution in [0.25, 0.3) is 0 Å². The highest BCUT2D eigenvalue weighted by Crippen LogP contribution is 2.08. The summed E-state index contributed by atoms with van der Waals surface area (Å²) in [7, 11) is 0. The lowest BCUT2D eigenvalue weighted by Gasteiger charge is -2.22. The first-order chi connectivity index (χ1) is 9.36. The molecule has 0 aliphatic rings. The summed E-state index contributed by atoms with van der Waals surface area (Å²) in [6, 6.07) is 10.8. The summed E-state index contributed by atoms with van der Waals surface area (Å²) in [6.07, 6.45) is 7.86. The van der Waals surface area contributed by atoms with Crippen LogP contribution < -0.4 is 5.73 Å². The van der Waals surface area contributed by atoms with Crippen molar-refractivity contribution in [2.45, 2.75) is 52.0 Å². The second-order valence-electron chi connectivity index (χ2n) is 5.32. The van der Waals surface area contributed by atoms with Crippen molar-refractivity contribution in [3.05, 3.63) is 35.9 Å². The molecule has 0 aliphatic carbocycles. The molecular formula is C17H30N2. The minimum atomic E-state index is 0.793. The topological polar surface area (TPSA) is 29.3 Å². The fraction of sp³-hybridized carbons (Fsp3) is 0.647. The van der Waals surface area contributed by atoms with Crippen molar-refractivity contribution < 1.29 is 0 Å². The normalized spacial score (nSPS) is 11.1. The second-order valence-corrected chi connectivity index (χ2v) is 5.32. The molecule has 0 bridgehead atoms. The van der Waals surface area contributed by atoms with E-state index in [4.69, 9.17) is 5.73 Å². The minimum absolute atomic E-state index is 0.793. The molecule has 2 N–H and O–H groups in total. The zero-order valence-corrected chi connectivity index (χ0v) is 12.5. The molecule has 0 spiro atoms. The molecule has 1 aromatic rings. The van der Waals surface area contributed by atoms with E-state index >= 15 is 0 Å². The zero-order valence-electron chi connectivity index (χ0n) is 12.5. The quantitative estimate of drug-likeness (QED) is 0.614. The Balaban J connectivity index is 2.30. The van der Waals surface area contributed by atoms with Gasteiger partial charge in [0.1, 0.15) is 0 Å². The molecule has 0 atom stereocenters. The Bertz CT molecular complexity index is 297. The Morgan fingerprint density at radius 2 is 1.58 bits per heavy atom. The number of hydrogen-bond acceptors (Lipinski definition) is 2. The summed E-state index contributed by atoms with van der Waals surface area (Å²) in [6.45, 7) is 6.45. The summed E-state index contributed by atoms with van der Waals surface area (Å²) >= 11 is 0. The molecule has 1 aromatic carbocycles.